The average molecular weight is 293 g/mol. The van der Waals surface area contributed by atoms with Crippen LogP contribution in [-0.4, -0.2) is 24.4 Å². The molecule has 120 valence electrons. The highest BCUT2D eigenvalue weighted by atomic mass is 16.5. The van der Waals surface area contributed by atoms with Crippen LogP contribution in [0.4, 0.5) is 0 Å². The van der Waals surface area contributed by atoms with E-state index in [0.717, 1.165) is 25.1 Å². The van der Waals surface area contributed by atoms with E-state index < -0.39 is 0 Å². The van der Waals surface area contributed by atoms with Gasteiger partial charge in [0.25, 0.3) is 0 Å². The zero-order chi connectivity index (χ0) is 15.9. The van der Waals surface area contributed by atoms with Crippen molar-refractivity contribution in [2.45, 2.75) is 59.6 Å². The number of benzene rings is 1. The van der Waals surface area contributed by atoms with Crippen LogP contribution in [0.1, 0.15) is 59.1 Å². The summed E-state index contributed by atoms with van der Waals surface area (Å²) in [7, 11) is 0. The molecule has 0 saturated heterocycles. The van der Waals surface area contributed by atoms with Crippen LogP contribution in [0.5, 0.6) is 5.75 Å². The normalized spacial score (nSPS) is 13.5. The molecule has 0 bridgehead atoms. The van der Waals surface area contributed by atoms with E-state index in [1.165, 1.54) is 5.56 Å². The predicted octanol–water partition coefficient (Wildman–Crippen LogP) is 3.92. The number of ether oxygens (including phenoxy) is 1. The Kier molecular flexibility index (Phi) is 7.20. The van der Waals surface area contributed by atoms with Gasteiger partial charge in [-0.1, -0.05) is 26.0 Å². The van der Waals surface area contributed by atoms with Crippen LogP contribution in [-0.2, 0) is 0 Å². The molecule has 0 amide bonds. The van der Waals surface area contributed by atoms with E-state index in [2.05, 4.69) is 38.2 Å². The fourth-order valence-corrected chi connectivity index (χ4v) is 2.30. The lowest BCUT2D eigenvalue weighted by atomic mass is 9.87. The van der Waals surface area contributed by atoms with Crippen molar-refractivity contribution in [3.63, 3.8) is 0 Å². The maximum absolute atomic E-state index is 8.94. The van der Waals surface area contributed by atoms with Gasteiger partial charge in [0.05, 0.1) is 6.10 Å². The predicted molar refractivity (Wildman–Crippen MR) is 88.7 cm³/mol. The van der Waals surface area contributed by atoms with E-state index in [1.54, 1.807) is 0 Å². The largest absolute Gasteiger partial charge is 0.491 e. The van der Waals surface area contributed by atoms with Crippen LogP contribution in [0.15, 0.2) is 24.3 Å². The second kappa shape index (κ2) is 8.40. The van der Waals surface area contributed by atoms with Gasteiger partial charge < -0.3 is 15.2 Å². The SMILES string of the molecule is CC(C)Oc1ccc(C(C)NCC(C)(C)CCCO)cc1. The molecule has 3 nitrogen and oxygen atoms in total. The molecule has 0 aromatic heterocycles. The summed E-state index contributed by atoms with van der Waals surface area (Å²) in [5.41, 5.74) is 1.47. The smallest absolute Gasteiger partial charge is 0.119 e. The molecule has 0 saturated carbocycles. The summed E-state index contributed by atoms with van der Waals surface area (Å²) >= 11 is 0. The Hall–Kier alpha value is -1.06. The summed E-state index contributed by atoms with van der Waals surface area (Å²) in [5.74, 6) is 0.921. The second-order valence-electron chi connectivity index (χ2n) is 6.83. The molecule has 0 spiro atoms. The third-order valence-electron chi connectivity index (χ3n) is 3.65. The van der Waals surface area contributed by atoms with Gasteiger partial charge in [-0.3, -0.25) is 0 Å². The van der Waals surface area contributed by atoms with Crippen LogP contribution in [0, 0.1) is 5.41 Å². The molecule has 0 radical (unpaired) electrons. The molecule has 0 aliphatic heterocycles. The van der Waals surface area contributed by atoms with E-state index in [9.17, 15) is 0 Å². The van der Waals surface area contributed by atoms with E-state index in [1.807, 2.05) is 26.0 Å². The molecule has 1 aromatic carbocycles. The number of hydrogen-bond acceptors (Lipinski definition) is 3. The van der Waals surface area contributed by atoms with E-state index in [-0.39, 0.29) is 18.1 Å². The fraction of sp³-hybridized carbons (Fsp3) is 0.667. The third-order valence-corrected chi connectivity index (χ3v) is 3.65. The summed E-state index contributed by atoms with van der Waals surface area (Å²) < 4.78 is 5.66. The van der Waals surface area contributed by atoms with Gasteiger partial charge in [-0.2, -0.15) is 0 Å². The van der Waals surface area contributed by atoms with Crippen molar-refractivity contribution >= 4 is 0 Å². The van der Waals surface area contributed by atoms with Crippen LogP contribution in [0.2, 0.25) is 0 Å². The first kappa shape index (κ1) is 18.0. The topological polar surface area (TPSA) is 41.5 Å². The standard InChI is InChI=1S/C18H31NO2/c1-14(2)21-17-9-7-16(8-10-17)15(3)19-13-18(4,5)11-6-12-20/h7-10,14-15,19-20H,6,11-13H2,1-5H3. The molecule has 0 fully saturated rings. The van der Waals surface area contributed by atoms with Gasteiger partial charge in [0, 0.05) is 19.2 Å². The Bertz CT molecular complexity index is 398. The lowest BCUT2D eigenvalue weighted by Crippen LogP contribution is -2.31. The van der Waals surface area contributed by atoms with Gasteiger partial charge in [0.1, 0.15) is 5.75 Å². The number of aliphatic hydroxyl groups is 1. The second-order valence-corrected chi connectivity index (χ2v) is 6.83. The fourth-order valence-electron chi connectivity index (χ4n) is 2.30. The van der Waals surface area contributed by atoms with Crippen molar-refractivity contribution in [1.29, 1.82) is 0 Å². The van der Waals surface area contributed by atoms with Crippen LogP contribution in [0.3, 0.4) is 0 Å². The Balaban J connectivity index is 2.49. The minimum absolute atomic E-state index is 0.206. The minimum atomic E-state index is 0.206. The van der Waals surface area contributed by atoms with E-state index in [0.29, 0.717) is 6.04 Å². The van der Waals surface area contributed by atoms with Crippen molar-refractivity contribution in [2.75, 3.05) is 13.2 Å². The number of rotatable bonds is 9. The Morgan fingerprint density at radius 3 is 2.29 bits per heavy atom. The van der Waals surface area contributed by atoms with Gasteiger partial charge in [0.15, 0.2) is 0 Å². The highest BCUT2D eigenvalue weighted by molar-refractivity contribution is 5.29. The molecule has 0 heterocycles. The van der Waals surface area contributed by atoms with Gasteiger partial charge in [-0.05, 0) is 56.7 Å². The maximum Gasteiger partial charge on any atom is 0.119 e. The maximum atomic E-state index is 8.94. The van der Waals surface area contributed by atoms with Crippen molar-refractivity contribution in [1.82, 2.24) is 5.32 Å². The summed E-state index contributed by atoms with van der Waals surface area (Å²) in [6.45, 7) is 11.9. The van der Waals surface area contributed by atoms with Crippen molar-refractivity contribution in [3.05, 3.63) is 29.8 Å². The third kappa shape index (κ3) is 6.96. The quantitative estimate of drug-likeness (QED) is 0.725. The molecule has 1 aromatic rings. The van der Waals surface area contributed by atoms with Crippen molar-refractivity contribution in [2.24, 2.45) is 5.41 Å². The summed E-state index contributed by atoms with van der Waals surface area (Å²) in [6.07, 6.45) is 2.10. The lowest BCUT2D eigenvalue weighted by Gasteiger charge is -2.27. The number of nitrogens with one attached hydrogen (secondary N) is 1. The molecule has 0 aliphatic rings. The zero-order valence-electron chi connectivity index (χ0n) is 14.1. The molecule has 2 N–H and O–H groups in total. The number of aliphatic hydroxyl groups excluding tert-OH is 1. The van der Waals surface area contributed by atoms with E-state index >= 15 is 0 Å². The Labute approximate surface area is 129 Å². The van der Waals surface area contributed by atoms with Crippen molar-refractivity contribution in [3.8, 4) is 5.75 Å². The first-order valence-electron chi connectivity index (χ1n) is 7.95. The molecular weight excluding hydrogens is 262 g/mol. The molecule has 3 heteroatoms. The minimum Gasteiger partial charge on any atom is -0.491 e. The zero-order valence-corrected chi connectivity index (χ0v) is 14.1. The molecule has 1 unspecified atom stereocenters. The van der Waals surface area contributed by atoms with Gasteiger partial charge in [-0.25, -0.2) is 0 Å². The molecule has 1 rings (SSSR count). The monoisotopic (exact) mass is 293 g/mol. The average Bonchev–Trinajstić information content (AvgIpc) is 2.43. The summed E-state index contributed by atoms with van der Waals surface area (Å²) in [6, 6.07) is 8.62. The van der Waals surface area contributed by atoms with Crippen molar-refractivity contribution < 1.29 is 9.84 Å². The summed E-state index contributed by atoms with van der Waals surface area (Å²) in [5, 5.41) is 12.5. The highest BCUT2D eigenvalue weighted by Crippen LogP contribution is 2.23. The van der Waals surface area contributed by atoms with Crippen LogP contribution < -0.4 is 10.1 Å². The molecule has 0 aliphatic carbocycles. The van der Waals surface area contributed by atoms with E-state index in [4.69, 9.17) is 9.84 Å². The van der Waals surface area contributed by atoms with Gasteiger partial charge >= 0.3 is 0 Å². The number of hydrogen-bond donors (Lipinski definition) is 2. The Morgan fingerprint density at radius 1 is 1.14 bits per heavy atom. The molecule has 1 atom stereocenters. The first-order valence-corrected chi connectivity index (χ1v) is 7.95. The van der Waals surface area contributed by atoms with Gasteiger partial charge in [0.2, 0.25) is 0 Å². The Morgan fingerprint density at radius 2 is 1.76 bits per heavy atom. The molecule has 21 heavy (non-hydrogen) atoms. The summed E-state index contributed by atoms with van der Waals surface area (Å²) in [4.78, 5) is 0. The first-order chi connectivity index (χ1) is 9.84. The lowest BCUT2D eigenvalue weighted by molar-refractivity contribution is 0.233. The highest BCUT2D eigenvalue weighted by Gasteiger charge is 2.18. The van der Waals surface area contributed by atoms with Crippen LogP contribution in [0.25, 0.3) is 0 Å². The van der Waals surface area contributed by atoms with Crippen LogP contribution >= 0.6 is 0 Å². The molecular formula is C18H31NO2. The van der Waals surface area contributed by atoms with Gasteiger partial charge in [-0.15, -0.1) is 0 Å².